The summed E-state index contributed by atoms with van der Waals surface area (Å²) in [6.45, 7) is 4.93. The van der Waals surface area contributed by atoms with Gasteiger partial charge >= 0.3 is 0 Å². The van der Waals surface area contributed by atoms with E-state index in [1.54, 1.807) is 18.3 Å². The highest BCUT2D eigenvalue weighted by Crippen LogP contribution is 2.22. The fourth-order valence-electron chi connectivity index (χ4n) is 2.06. The number of halogens is 2. The number of aromatic nitrogens is 1. The molecule has 25 heavy (non-hydrogen) atoms. The van der Waals surface area contributed by atoms with Crippen LogP contribution in [0.4, 0.5) is 5.69 Å². The van der Waals surface area contributed by atoms with Gasteiger partial charge in [0.2, 0.25) is 11.8 Å². The number of rotatable bonds is 7. The third kappa shape index (κ3) is 7.73. The van der Waals surface area contributed by atoms with Crippen LogP contribution < -0.4 is 15.4 Å². The molecular formula is C18H25Cl2N3O2. The fraction of sp³-hybridized carbons (Fsp3) is 0.333. The van der Waals surface area contributed by atoms with Crippen LogP contribution in [0, 0.1) is 13.8 Å². The van der Waals surface area contributed by atoms with Crippen molar-refractivity contribution in [3.8, 4) is 11.6 Å². The third-order valence-corrected chi connectivity index (χ3v) is 3.55. The van der Waals surface area contributed by atoms with E-state index in [-0.39, 0.29) is 30.7 Å². The summed E-state index contributed by atoms with van der Waals surface area (Å²) in [5, 5.41) is 5.84. The Labute approximate surface area is 161 Å². The zero-order valence-corrected chi connectivity index (χ0v) is 16.3. The van der Waals surface area contributed by atoms with Crippen molar-refractivity contribution in [3.05, 3.63) is 47.7 Å². The van der Waals surface area contributed by atoms with E-state index in [0.717, 1.165) is 18.7 Å². The molecule has 0 spiro atoms. The lowest BCUT2D eigenvalue weighted by Crippen LogP contribution is -2.15. The number of hydrogen-bond acceptors (Lipinski definition) is 4. The molecule has 0 aliphatic heterocycles. The van der Waals surface area contributed by atoms with Gasteiger partial charge in [-0.3, -0.25) is 4.79 Å². The molecule has 2 N–H and O–H groups in total. The summed E-state index contributed by atoms with van der Waals surface area (Å²) in [4.78, 5) is 16.0. The van der Waals surface area contributed by atoms with E-state index in [9.17, 15) is 4.79 Å². The Bertz CT molecular complexity index is 664. The van der Waals surface area contributed by atoms with Crippen LogP contribution in [0.25, 0.3) is 0 Å². The van der Waals surface area contributed by atoms with Crippen molar-refractivity contribution in [3.63, 3.8) is 0 Å². The number of carbonyl (C=O) groups excluding carboxylic acids is 1. The van der Waals surface area contributed by atoms with Gasteiger partial charge in [0.15, 0.2) is 0 Å². The van der Waals surface area contributed by atoms with Gasteiger partial charge in [-0.1, -0.05) is 6.07 Å². The Kier molecular flexibility index (Phi) is 10.8. The number of benzene rings is 1. The summed E-state index contributed by atoms with van der Waals surface area (Å²) in [5.41, 5.74) is 3.07. The van der Waals surface area contributed by atoms with Crippen LogP contribution in [0.5, 0.6) is 11.6 Å². The minimum absolute atomic E-state index is 0. The number of ether oxygens (including phenoxy) is 1. The highest BCUT2D eigenvalue weighted by molar-refractivity contribution is 5.90. The highest BCUT2D eigenvalue weighted by atomic mass is 35.5. The molecule has 0 saturated carbocycles. The Morgan fingerprint density at radius 2 is 1.88 bits per heavy atom. The number of carbonyl (C=O) groups is 1. The van der Waals surface area contributed by atoms with E-state index in [4.69, 9.17) is 4.74 Å². The van der Waals surface area contributed by atoms with Gasteiger partial charge < -0.3 is 15.4 Å². The standard InChI is InChI=1S/C18H23N3O2.2ClH/c1-13-6-8-16(11-14(13)2)23-18-9-7-15(12-20-18)21-17(22)5-4-10-19-3;;/h6-9,11-12,19H,4-5,10H2,1-3H3,(H,21,22);2*1H. The molecule has 1 amide bonds. The van der Waals surface area contributed by atoms with Crippen molar-refractivity contribution in [2.75, 3.05) is 18.9 Å². The molecule has 1 aromatic carbocycles. The molecule has 0 unspecified atom stereocenters. The van der Waals surface area contributed by atoms with Crippen LogP contribution in [0.2, 0.25) is 0 Å². The molecule has 0 aliphatic carbocycles. The summed E-state index contributed by atoms with van der Waals surface area (Å²) in [5.74, 6) is 1.25. The zero-order valence-electron chi connectivity index (χ0n) is 14.7. The van der Waals surface area contributed by atoms with E-state index < -0.39 is 0 Å². The normalized spacial score (nSPS) is 9.56. The van der Waals surface area contributed by atoms with E-state index in [2.05, 4.69) is 22.5 Å². The smallest absolute Gasteiger partial charge is 0.224 e. The van der Waals surface area contributed by atoms with Crippen LogP contribution in [0.3, 0.4) is 0 Å². The second-order valence-corrected chi connectivity index (χ2v) is 5.49. The van der Waals surface area contributed by atoms with E-state index in [1.807, 2.05) is 32.2 Å². The molecule has 0 bridgehead atoms. The third-order valence-electron chi connectivity index (χ3n) is 3.55. The summed E-state index contributed by atoms with van der Waals surface area (Å²) >= 11 is 0. The van der Waals surface area contributed by atoms with Crippen LogP contribution in [0.15, 0.2) is 36.5 Å². The summed E-state index contributed by atoms with van der Waals surface area (Å²) < 4.78 is 5.72. The molecule has 7 heteroatoms. The van der Waals surface area contributed by atoms with Crippen LogP contribution in [-0.2, 0) is 4.79 Å². The van der Waals surface area contributed by atoms with Gasteiger partial charge in [0, 0.05) is 12.5 Å². The molecule has 2 aromatic rings. The predicted molar refractivity (Wildman–Crippen MR) is 107 cm³/mol. The van der Waals surface area contributed by atoms with Crippen molar-refractivity contribution in [1.82, 2.24) is 10.3 Å². The van der Waals surface area contributed by atoms with Crippen molar-refractivity contribution in [2.24, 2.45) is 0 Å². The van der Waals surface area contributed by atoms with Gasteiger partial charge in [0.1, 0.15) is 5.75 Å². The molecule has 0 saturated heterocycles. The quantitative estimate of drug-likeness (QED) is 0.698. The topological polar surface area (TPSA) is 63.2 Å². The van der Waals surface area contributed by atoms with Crippen molar-refractivity contribution >= 4 is 36.4 Å². The first-order valence-corrected chi connectivity index (χ1v) is 7.74. The Balaban J connectivity index is 0.00000288. The van der Waals surface area contributed by atoms with Crippen LogP contribution in [0.1, 0.15) is 24.0 Å². The lowest BCUT2D eigenvalue weighted by atomic mass is 10.1. The molecule has 0 fully saturated rings. The van der Waals surface area contributed by atoms with Gasteiger partial charge in [-0.25, -0.2) is 4.98 Å². The number of anilines is 1. The molecule has 1 heterocycles. The van der Waals surface area contributed by atoms with Crippen LogP contribution >= 0.6 is 24.8 Å². The first kappa shape index (κ1) is 23.2. The maximum Gasteiger partial charge on any atom is 0.224 e. The minimum Gasteiger partial charge on any atom is -0.439 e. The van der Waals surface area contributed by atoms with E-state index >= 15 is 0 Å². The first-order valence-electron chi connectivity index (χ1n) is 7.74. The number of amides is 1. The molecule has 5 nitrogen and oxygen atoms in total. The minimum atomic E-state index is -0.00937. The van der Waals surface area contributed by atoms with E-state index in [0.29, 0.717) is 18.0 Å². The second-order valence-electron chi connectivity index (χ2n) is 5.49. The zero-order chi connectivity index (χ0) is 16.7. The molecule has 1 aromatic heterocycles. The lowest BCUT2D eigenvalue weighted by Gasteiger charge is -2.08. The van der Waals surface area contributed by atoms with Gasteiger partial charge in [-0.2, -0.15) is 0 Å². The maximum absolute atomic E-state index is 11.7. The fourth-order valence-corrected chi connectivity index (χ4v) is 2.06. The number of pyridine rings is 1. The maximum atomic E-state index is 11.7. The van der Waals surface area contributed by atoms with Gasteiger partial charge in [0.25, 0.3) is 0 Å². The molecule has 138 valence electrons. The van der Waals surface area contributed by atoms with Crippen molar-refractivity contribution in [2.45, 2.75) is 26.7 Å². The average Bonchev–Trinajstić information content (AvgIpc) is 2.53. The molecular weight excluding hydrogens is 361 g/mol. The number of hydrogen-bond donors (Lipinski definition) is 2. The summed E-state index contributed by atoms with van der Waals surface area (Å²) in [6, 6.07) is 9.46. The van der Waals surface area contributed by atoms with Gasteiger partial charge in [-0.05, 0) is 63.2 Å². The van der Waals surface area contributed by atoms with Gasteiger partial charge in [-0.15, -0.1) is 24.8 Å². The molecule has 0 radical (unpaired) electrons. The van der Waals surface area contributed by atoms with Crippen molar-refractivity contribution in [1.29, 1.82) is 0 Å². The number of nitrogens with one attached hydrogen (secondary N) is 2. The lowest BCUT2D eigenvalue weighted by molar-refractivity contribution is -0.116. The Hall–Kier alpha value is -1.82. The second kappa shape index (κ2) is 11.7. The average molecular weight is 386 g/mol. The Morgan fingerprint density at radius 3 is 2.48 bits per heavy atom. The molecule has 0 aliphatic rings. The van der Waals surface area contributed by atoms with Crippen LogP contribution in [-0.4, -0.2) is 24.5 Å². The SMILES string of the molecule is CNCCCC(=O)Nc1ccc(Oc2ccc(C)c(C)c2)nc1.Cl.Cl. The Morgan fingerprint density at radius 1 is 1.12 bits per heavy atom. The van der Waals surface area contributed by atoms with Gasteiger partial charge in [0.05, 0.1) is 11.9 Å². The monoisotopic (exact) mass is 385 g/mol. The number of nitrogens with zero attached hydrogens (tertiary/aromatic N) is 1. The summed E-state index contributed by atoms with van der Waals surface area (Å²) in [6.07, 6.45) is 2.90. The summed E-state index contributed by atoms with van der Waals surface area (Å²) in [7, 11) is 1.87. The predicted octanol–water partition coefficient (Wildman–Crippen LogP) is 4.27. The molecule has 0 atom stereocenters. The highest BCUT2D eigenvalue weighted by Gasteiger charge is 2.04. The van der Waals surface area contributed by atoms with E-state index in [1.165, 1.54) is 11.1 Å². The largest absolute Gasteiger partial charge is 0.439 e. The van der Waals surface area contributed by atoms with Crippen molar-refractivity contribution < 1.29 is 9.53 Å². The first-order chi connectivity index (χ1) is 11.1. The number of aryl methyl sites for hydroxylation is 2. The molecule has 2 rings (SSSR count).